The van der Waals surface area contributed by atoms with E-state index < -0.39 is 0 Å². The van der Waals surface area contributed by atoms with Gasteiger partial charge in [-0.25, -0.2) is 0 Å². The van der Waals surface area contributed by atoms with Crippen molar-refractivity contribution in [2.45, 2.75) is 44.8 Å². The van der Waals surface area contributed by atoms with Gasteiger partial charge in [0.05, 0.1) is 0 Å². The highest BCUT2D eigenvalue weighted by molar-refractivity contribution is 8.00. The standard InChI is InChI=1S/C12H25NOS/c1-3-12(4-2,10-14)9-13-8-11-6-5-7-15-11/h11,13-14H,3-10H2,1-2H3. The van der Waals surface area contributed by atoms with E-state index in [4.69, 9.17) is 0 Å². The number of rotatable bonds is 7. The molecule has 2 N–H and O–H groups in total. The van der Waals surface area contributed by atoms with Gasteiger partial charge in [-0.2, -0.15) is 11.8 Å². The summed E-state index contributed by atoms with van der Waals surface area (Å²) in [4.78, 5) is 0. The van der Waals surface area contributed by atoms with Crippen LogP contribution in [0.15, 0.2) is 0 Å². The molecule has 0 aromatic carbocycles. The van der Waals surface area contributed by atoms with Gasteiger partial charge in [-0.1, -0.05) is 13.8 Å². The fourth-order valence-electron chi connectivity index (χ4n) is 2.08. The van der Waals surface area contributed by atoms with Crippen molar-refractivity contribution in [3.05, 3.63) is 0 Å². The van der Waals surface area contributed by atoms with Crippen molar-refractivity contribution in [2.24, 2.45) is 5.41 Å². The summed E-state index contributed by atoms with van der Waals surface area (Å²) in [5, 5.41) is 13.8. The topological polar surface area (TPSA) is 32.3 Å². The molecule has 1 heterocycles. The Morgan fingerprint density at radius 3 is 2.60 bits per heavy atom. The van der Waals surface area contributed by atoms with Crippen LogP contribution in [0.2, 0.25) is 0 Å². The molecule has 0 amide bonds. The molecule has 1 rings (SSSR count). The van der Waals surface area contributed by atoms with Crippen molar-refractivity contribution in [2.75, 3.05) is 25.4 Å². The maximum atomic E-state index is 9.42. The van der Waals surface area contributed by atoms with Crippen LogP contribution in [0.3, 0.4) is 0 Å². The largest absolute Gasteiger partial charge is 0.396 e. The average molecular weight is 231 g/mol. The second-order valence-electron chi connectivity index (χ2n) is 4.63. The number of aliphatic hydroxyl groups excluding tert-OH is 1. The van der Waals surface area contributed by atoms with E-state index in [9.17, 15) is 5.11 Å². The van der Waals surface area contributed by atoms with Crippen LogP contribution in [0.25, 0.3) is 0 Å². The van der Waals surface area contributed by atoms with Crippen LogP contribution in [0, 0.1) is 5.41 Å². The summed E-state index contributed by atoms with van der Waals surface area (Å²) in [6.45, 7) is 6.74. The zero-order valence-corrected chi connectivity index (χ0v) is 10.9. The van der Waals surface area contributed by atoms with E-state index in [1.807, 2.05) is 0 Å². The number of hydrogen-bond donors (Lipinski definition) is 2. The molecule has 0 spiro atoms. The number of aliphatic hydroxyl groups is 1. The number of nitrogens with one attached hydrogen (secondary N) is 1. The van der Waals surface area contributed by atoms with E-state index in [-0.39, 0.29) is 5.41 Å². The van der Waals surface area contributed by atoms with E-state index in [0.717, 1.165) is 31.2 Å². The Morgan fingerprint density at radius 1 is 1.40 bits per heavy atom. The third-order valence-corrected chi connectivity index (χ3v) is 5.13. The minimum absolute atomic E-state index is 0.114. The zero-order chi connectivity index (χ0) is 11.1. The molecule has 1 fully saturated rings. The molecular weight excluding hydrogens is 206 g/mol. The highest BCUT2D eigenvalue weighted by Gasteiger charge is 2.25. The lowest BCUT2D eigenvalue weighted by Crippen LogP contribution is -2.38. The Kier molecular flexibility index (Phi) is 6.02. The van der Waals surface area contributed by atoms with Crippen molar-refractivity contribution < 1.29 is 5.11 Å². The van der Waals surface area contributed by atoms with Crippen LogP contribution in [-0.4, -0.2) is 35.8 Å². The summed E-state index contributed by atoms with van der Waals surface area (Å²) < 4.78 is 0. The van der Waals surface area contributed by atoms with E-state index in [1.54, 1.807) is 0 Å². The monoisotopic (exact) mass is 231 g/mol. The molecule has 1 aliphatic heterocycles. The lowest BCUT2D eigenvalue weighted by atomic mass is 9.83. The minimum atomic E-state index is 0.114. The van der Waals surface area contributed by atoms with Crippen molar-refractivity contribution in [3.8, 4) is 0 Å². The number of hydrogen-bond acceptors (Lipinski definition) is 3. The summed E-state index contributed by atoms with van der Waals surface area (Å²) in [6.07, 6.45) is 4.86. The molecule has 1 aliphatic rings. The normalized spacial score (nSPS) is 22.2. The van der Waals surface area contributed by atoms with Crippen LogP contribution in [-0.2, 0) is 0 Å². The van der Waals surface area contributed by atoms with Gasteiger partial charge in [0.15, 0.2) is 0 Å². The second-order valence-corrected chi connectivity index (χ2v) is 6.04. The Hall–Kier alpha value is 0.270. The smallest absolute Gasteiger partial charge is 0.0499 e. The maximum Gasteiger partial charge on any atom is 0.0499 e. The van der Waals surface area contributed by atoms with Crippen LogP contribution >= 0.6 is 11.8 Å². The molecule has 1 atom stereocenters. The summed E-state index contributed by atoms with van der Waals surface area (Å²) >= 11 is 2.09. The Labute approximate surface area is 98.2 Å². The molecule has 0 aromatic heterocycles. The van der Waals surface area contributed by atoms with Gasteiger partial charge in [0.2, 0.25) is 0 Å². The van der Waals surface area contributed by atoms with E-state index >= 15 is 0 Å². The fraction of sp³-hybridized carbons (Fsp3) is 1.00. The highest BCUT2D eigenvalue weighted by atomic mass is 32.2. The second kappa shape index (κ2) is 6.77. The molecular formula is C12H25NOS. The molecule has 1 saturated heterocycles. The Balaban J connectivity index is 2.21. The first-order chi connectivity index (χ1) is 7.26. The molecule has 0 radical (unpaired) electrons. The quantitative estimate of drug-likeness (QED) is 0.705. The molecule has 0 aliphatic carbocycles. The molecule has 3 heteroatoms. The zero-order valence-electron chi connectivity index (χ0n) is 10.1. The molecule has 0 bridgehead atoms. The first kappa shape index (κ1) is 13.3. The Morgan fingerprint density at radius 2 is 2.13 bits per heavy atom. The van der Waals surface area contributed by atoms with Crippen LogP contribution < -0.4 is 5.32 Å². The summed E-state index contributed by atoms with van der Waals surface area (Å²) in [5.74, 6) is 1.33. The summed E-state index contributed by atoms with van der Waals surface area (Å²) in [6, 6.07) is 0. The van der Waals surface area contributed by atoms with Gasteiger partial charge < -0.3 is 10.4 Å². The summed E-state index contributed by atoms with van der Waals surface area (Å²) in [7, 11) is 0. The first-order valence-electron chi connectivity index (χ1n) is 6.19. The van der Waals surface area contributed by atoms with E-state index in [0.29, 0.717) is 6.61 Å². The third-order valence-electron chi connectivity index (χ3n) is 3.73. The molecule has 2 nitrogen and oxygen atoms in total. The first-order valence-corrected chi connectivity index (χ1v) is 7.24. The van der Waals surface area contributed by atoms with E-state index in [2.05, 4.69) is 30.9 Å². The van der Waals surface area contributed by atoms with Gasteiger partial charge in [0.25, 0.3) is 0 Å². The molecule has 90 valence electrons. The lowest BCUT2D eigenvalue weighted by molar-refractivity contribution is 0.113. The molecule has 15 heavy (non-hydrogen) atoms. The van der Waals surface area contributed by atoms with Crippen LogP contribution in [0.5, 0.6) is 0 Å². The highest BCUT2D eigenvalue weighted by Crippen LogP contribution is 2.27. The number of thioether (sulfide) groups is 1. The average Bonchev–Trinajstić information content (AvgIpc) is 2.78. The van der Waals surface area contributed by atoms with Crippen molar-refractivity contribution in [1.82, 2.24) is 5.32 Å². The lowest BCUT2D eigenvalue weighted by Gasteiger charge is -2.30. The fourth-order valence-corrected chi connectivity index (χ4v) is 3.32. The molecule has 1 unspecified atom stereocenters. The van der Waals surface area contributed by atoms with Gasteiger partial charge in [-0.05, 0) is 31.4 Å². The van der Waals surface area contributed by atoms with Gasteiger partial charge in [0, 0.05) is 30.4 Å². The maximum absolute atomic E-state index is 9.42. The van der Waals surface area contributed by atoms with E-state index in [1.165, 1.54) is 18.6 Å². The molecule has 0 saturated carbocycles. The van der Waals surface area contributed by atoms with Gasteiger partial charge in [0.1, 0.15) is 0 Å². The van der Waals surface area contributed by atoms with Gasteiger partial charge in [-0.3, -0.25) is 0 Å². The molecule has 0 aromatic rings. The van der Waals surface area contributed by atoms with Gasteiger partial charge in [-0.15, -0.1) is 0 Å². The predicted octanol–water partition coefficient (Wildman–Crippen LogP) is 2.27. The third kappa shape index (κ3) is 3.97. The SMILES string of the molecule is CCC(CC)(CO)CNCC1CCCS1. The Bertz CT molecular complexity index is 157. The summed E-state index contributed by atoms with van der Waals surface area (Å²) in [5.41, 5.74) is 0.114. The minimum Gasteiger partial charge on any atom is -0.396 e. The van der Waals surface area contributed by atoms with Crippen LogP contribution in [0.1, 0.15) is 39.5 Å². The predicted molar refractivity (Wildman–Crippen MR) is 68.5 cm³/mol. The van der Waals surface area contributed by atoms with Crippen molar-refractivity contribution in [3.63, 3.8) is 0 Å². The van der Waals surface area contributed by atoms with Crippen molar-refractivity contribution >= 4 is 11.8 Å². The van der Waals surface area contributed by atoms with Gasteiger partial charge >= 0.3 is 0 Å². The van der Waals surface area contributed by atoms with Crippen molar-refractivity contribution in [1.29, 1.82) is 0 Å². The van der Waals surface area contributed by atoms with Crippen LogP contribution in [0.4, 0.5) is 0 Å².